The van der Waals surface area contributed by atoms with Gasteiger partial charge in [0.15, 0.2) is 0 Å². The van der Waals surface area contributed by atoms with Crippen LogP contribution in [0.5, 0.6) is 5.75 Å². The monoisotopic (exact) mass is 220 g/mol. The molecule has 16 heavy (non-hydrogen) atoms. The molecular formula is C13H20N2O. The fourth-order valence-electron chi connectivity index (χ4n) is 2.36. The predicted octanol–water partition coefficient (Wildman–Crippen LogP) is 3.08. The molecule has 0 aromatic carbocycles. The van der Waals surface area contributed by atoms with Gasteiger partial charge in [0.1, 0.15) is 11.6 Å². The van der Waals surface area contributed by atoms with Crippen molar-refractivity contribution in [1.82, 2.24) is 4.98 Å². The minimum absolute atomic E-state index is 0.377. The van der Waals surface area contributed by atoms with Crippen LogP contribution in [0.15, 0.2) is 18.3 Å². The van der Waals surface area contributed by atoms with Crippen LogP contribution in [0.1, 0.15) is 33.1 Å². The zero-order chi connectivity index (χ0) is 11.6. The van der Waals surface area contributed by atoms with E-state index in [1.807, 2.05) is 12.1 Å². The number of hydrogen-bond acceptors (Lipinski definition) is 3. The highest BCUT2D eigenvalue weighted by molar-refractivity contribution is 5.39. The summed E-state index contributed by atoms with van der Waals surface area (Å²) in [7, 11) is 1.66. The second-order valence-electron chi connectivity index (χ2n) is 5.16. The third kappa shape index (κ3) is 2.29. The van der Waals surface area contributed by atoms with Crippen LogP contribution in [0, 0.1) is 5.41 Å². The molecule has 1 heterocycles. The van der Waals surface area contributed by atoms with Crippen LogP contribution in [0.2, 0.25) is 0 Å². The lowest BCUT2D eigenvalue weighted by Gasteiger charge is -2.28. The van der Waals surface area contributed by atoms with Gasteiger partial charge in [-0.15, -0.1) is 0 Å². The van der Waals surface area contributed by atoms with E-state index >= 15 is 0 Å². The van der Waals surface area contributed by atoms with Crippen molar-refractivity contribution in [3.63, 3.8) is 0 Å². The summed E-state index contributed by atoms with van der Waals surface area (Å²) < 4.78 is 5.09. The van der Waals surface area contributed by atoms with E-state index in [9.17, 15) is 0 Å². The van der Waals surface area contributed by atoms with Gasteiger partial charge in [0.2, 0.25) is 0 Å². The molecule has 1 unspecified atom stereocenters. The Labute approximate surface area is 97.2 Å². The number of ether oxygens (including phenoxy) is 1. The summed E-state index contributed by atoms with van der Waals surface area (Å²) in [4.78, 5) is 4.34. The number of hydrogen-bond donors (Lipinski definition) is 1. The van der Waals surface area contributed by atoms with Crippen LogP contribution in [0.4, 0.5) is 5.82 Å². The number of nitrogens with zero attached hydrogens (tertiary/aromatic N) is 1. The normalized spacial score (nSPS) is 23.1. The molecule has 1 aromatic rings. The number of aromatic nitrogens is 1. The molecule has 0 aliphatic heterocycles. The van der Waals surface area contributed by atoms with Gasteiger partial charge in [0.05, 0.1) is 13.3 Å². The lowest BCUT2D eigenvalue weighted by Crippen LogP contribution is -2.31. The summed E-state index contributed by atoms with van der Waals surface area (Å²) in [6.07, 6.45) is 5.59. The number of methoxy groups -OCH3 is 1. The van der Waals surface area contributed by atoms with Crippen molar-refractivity contribution in [3.05, 3.63) is 18.3 Å². The molecule has 1 saturated carbocycles. The summed E-state index contributed by atoms with van der Waals surface area (Å²) in [5, 5.41) is 3.52. The lowest BCUT2D eigenvalue weighted by molar-refractivity contribution is 0.349. The van der Waals surface area contributed by atoms with Gasteiger partial charge in [-0.25, -0.2) is 4.98 Å². The first kappa shape index (κ1) is 11.2. The van der Waals surface area contributed by atoms with E-state index in [0.29, 0.717) is 11.5 Å². The van der Waals surface area contributed by atoms with Crippen molar-refractivity contribution in [3.8, 4) is 5.75 Å². The molecule has 1 aliphatic carbocycles. The number of nitrogens with one attached hydrogen (secondary N) is 1. The molecule has 0 bridgehead atoms. The Balaban J connectivity index is 2.03. The van der Waals surface area contributed by atoms with Gasteiger partial charge >= 0.3 is 0 Å². The zero-order valence-corrected chi connectivity index (χ0v) is 10.3. The van der Waals surface area contributed by atoms with Crippen LogP contribution in [-0.4, -0.2) is 18.1 Å². The van der Waals surface area contributed by atoms with Gasteiger partial charge in [-0.3, -0.25) is 0 Å². The van der Waals surface area contributed by atoms with E-state index in [2.05, 4.69) is 24.1 Å². The number of rotatable bonds is 3. The highest BCUT2D eigenvalue weighted by Gasteiger charge is 2.34. The Morgan fingerprint density at radius 3 is 2.75 bits per heavy atom. The van der Waals surface area contributed by atoms with Gasteiger partial charge in [-0.1, -0.05) is 20.3 Å². The van der Waals surface area contributed by atoms with Crippen LogP contribution >= 0.6 is 0 Å². The fraction of sp³-hybridized carbons (Fsp3) is 0.615. The van der Waals surface area contributed by atoms with Crippen molar-refractivity contribution in [2.75, 3.05) is 12.4 Å². The average Bonchev–Trinajstić information content (AvgIpc) is 2.59. The molecule has 1 aromatic heterocycles. The van der Waals surface area contributed by atoms with Gasteiger partial charge in [0, 0.05) is 6.04 Å². The van der Waals surface area contributed by atoms with E-state index in [1.165, 1.54) is 19.3 Å². The first-order valence-corrected chi connectivity index (χ1v) is 5.88. The van der Waals surface area contributed by atoms with Crippen molar-refractivity contribution < 1.29 is 4.74 Å². The SMILES string of the molecule is COc1ccc(NC2CCCC2(C)C)nc1. The van der Waals surface area contributed by atoms with E-state index in [0.717, 1.165) is 11.6 Å². The standard InChI is InChI=1S/C13H20N2O/c1-13(2)8-4-5-11(13)15-12-7-6-10(16-3)9-14-12/h6-7,9,11H,4-5,8H2,1-3H3,(H,14,15). The second-order valence-corrected chi connectivity index (χ2v) is 5.16. The Morgan fingerprint density at radius 2 is 2.25 bits per heavy atom. The molecule has 1 N–H and O–H groups in total. The van der Waals surface area contributed by atoms with Crippen molar-refractivity contribution in [2.45, 2.75) is 39.2 Å². The Kier molecular flexibility index (Phi) is 3.03. The molecule has 88 valence electrons. The van der Waals surface area contributed by atoms with Crippen LogP contribution in [0.3, 0.4) is 0 Å². The van der Waals surface area contributed by atoms with E-state index < -0.39 is 0 Å². The molecule has 0 spiro atoms. The molecular weight excluding hydrogens is 200 g/mol. The third-order valence-electron chi connectivity index (χ3n) is 3.55. The molecule has 0 saturated heterocycles. The van der Waals surface area contributed by atoms with Gasteiger partial charge in [-0.05, 0) is 30.4 Å². The molecule has 0 amide bonds. The van der Waals surface area contributed by atoms with E-state index in [1.54, 1.807) is 13.3 Å². The molecule has 1 fully saturated rings. The molecule has 3 nitrogen and oxygen atoms in total. The summed E-state index contributed by atoms with van der Waals surface area (Å²) >= 11 is 0. The minimum atomic E-state index is 0.377. The first-order chi connectivity index (χ1) is 7.62. The Hall–Kier alpha value is -1.25. The summed E-state index contributed by atoms with van der Waals surface area (Å²) in [5.41, 5.74) is 0.377. The maximum Gasteiger partial charge on any atom is 0.137 e. The average molecular weight is 220 g/mol. The largest absolute Gasteiger partial charge is 0.495 e. The quantitative estimate of drug-likeness (QED) is 0.850. The van der Waals surface area contributed by atoms with E-state index in [4.69, 9.17) is 4.74 Å². The van der Waals surface area contributed by atoms with Gasteiger partial charge in [0.25, 0.3) is 0 Å². The van der Waals surface area contributed by atoms with Crippen LogP contribution in [0.25, 0.3) is 0 Å². The lowest BCUT2D eigenvalue weighted by atomic mass is 9.87. The molecule has 0 radical (unpaired) electrons. The zero-order valence-electron chi connectivity index (χ0n) is 10.3. The summed E-state index contributed by atoms with van der Waals surface area (Å²) in [6, 6.07) is 4.46. The minimum Gasteiger partial charge on any atom is -0.495 e. The van der Waals surface area contributed by atoms with Crippen molar-refractivity contribution in [2.24, 2.45) is 5.41 Å². The van der Waals surface area contributed by atoms with Crippen molar-refractivity contribution in [1.29, 1.82) is 0 Å². The van der Waals surface area contributed by atoms with Gasteiger partial charge in [-0.2, -0.15) is 0 Å². The second kappa shape index (κ2) is 4.32. The highest BCUT2D eigenvalue weighted by atomic mass is 16.5. The Bertz CT molecular complexity index is 345. The molecule has 3 heteroatoms. The summed E-state index contributed by atoms with van der Waals surface area (Å²) in [5.74, 6) is 1.75. The van der Waals surface area contributed by atoms with Gasteiger partial charge < -0.3 is 10.1 Å². The van der Waals surface area contributed by atoms with E-state index in [-0.39, 0.29) is 0 Å². The maximum atomic E-state index is 5.09. The molecule has 1 aliphatic rings. The van der Waals surface area contributed by atoms with Crippen LogP contribution in [-0.2, 0) is 0 Å². The molecule has 1 atom stereocenters. The third-order valence-corrected chi connectivity index (χ3v) is 3.55. The predicted molar refractivity (Wildman–Crippen MR) is 65.8 cm³/mol. The molecule has 2 rings (SSSR count). The van der Waals surface area contributed by atoms with Crippen molar-refractivity contribution >= 4 is 5.82 Å². The van der Waals surface area contributed by atoms with Crippen LogP contribution < -0.4 is 10.1 Å². The Morgan fingerprint density at radius 1 is 1.44 bits per heavy atom. The first-order valence-electron chi connectivity index (χ1n) is 5.88. The number of anilines is 1. The fourth-order valence-corrected chi connectivity index (χ4v) is 2.36. The maximum absolute atomic E-state index is 5.09. The highest BCUT2D eigenvalue weighted by Crippen LogP contribution is 2.38. The number of pyridine rings is 1. The topological polar surface area (TPSA) is 34.1 Å². The smallest absolute Gasteiger partial charge is 0.137 e. The summed E-state index contributed by atoms with van der Waals surface area (Å²) in [6.45, 7) is 4.64.